The number of carbonyl (C=O) groups is 1. The average Bonchev–Trinajstić information content (AvgIpc) is 3.19. The zero-order chi connectivity index (χ0) is 19.6. The lowest BCUT2D eigenvalue weighted by atomic mass is 10.1. The minimum atomic E-state index is -0.267. The Hall–Kier alpha value is -2.44. The zero-order valence-corrected chi connectivity index (χ0v) is 16.0. The van der Waals surface area contributed by atoms with Crippen molar-refractivity contribution in [3.63, 3.8) is 0 Å². The first-order valence-electron chi connectivity index (χ1n) is 9.72. The Morgan fingerprint density at radius 2 is 2.07 bits per heavy atom. The summed E-state index contributed by atoms with van der Waals surface area (Å²) in [5.41, 5.74) is 0.846. The van der Waals surface area contributed by atoms with Crippen LogP contribution in [-0.2, 0) is 16.1 Å². The Bertz CT molecular complexity index is 736. The number of hydrogen-bond donors (Lipinski definition) is 1. The molecule has 1 aliphatic rings. The first-order chi connectivity index (χ1) is 13.7. The maximum Gasteiger partial charge on any atom is 0.234 e. The third kappa shape index (κ3) is 6.94. The Kier molecular flexibility index (Phi) is 7.82. The molecule has 0 aliphatic carbocycles. The van der Waals surface area contributed by atoms with Gasteiger partial charge in [-0.25, -0.2) is 4.39 Å². The molecule has 2 aromatic carbocycles. The van der Waals surface area contributed by atoms with Gasteiger partial charge in [0.25, 0.3) is 0 Å². The maximum absolute atomic E-state index is 13.5. The number of ether oxygens (including phenoxy) is 2. The number of nitrogens with one attached hydrogen (secondary N) is 1. The molecule has 1 aliphatic heterocycles. The van der Waals surface area contributed by atoms with Crippen molar-refractivity contribution in [3.05, 3.63) is 66.0 Å². The van der Waals surface area contributed by atoms with E-state index in [1.807, 2.05) is 41.3 Å². The highest BCUT2D eigenvalue weighted by Gasteiger charge is 2.21. The molecule has 1 amide bonds. The first kappa shape index (κ1) is 20.3. The summed E-state index contributed by atoms with van der Waals surface area (Å²) in [4.78, 5) is 14.4. The summed E-state index contributed by atoms with van der Waals surface area (Å²) in [5.74, 6) is 0.436. The highest BCUT2D eigenvalue weighted by atomic mass is 19.1. The lowest BCUT2D eigenvalue weighted by Gasteiger charge is -2.24. The Morgan fingerprint density at radius 3 is 2.82 bits per heavy atom. The molecule has 0 saturated carbocycles. The molecule has 1 atom stereocenters. The van der Waals surface area contributed by atoms with E-state index in [0.29, 0.717) is 26.2 Å². The van der Waals surface area contributed by atoms with Crippen molar-refractivity contribution >= 4 is 5.91 Å². The van der Waals surface area contributed by atoms with Gasteiger partial charge in [-0.05, 0) is 42.7 Å². The van der Waals surface area contributed by atoms with E-state index in [-0.39, 0.29) is 24.4 Å². The summed E-state index contributed by atoms with van der Waals surface area (Å²) in [6.45, 7) is 3.01. The predicted molar refractivity (Wildman–Crippen MR) is 106 cm³/mol. The third-order valence-electron chi connectivity index (χ3n) is 4.58. The van der Waals surface area contributed by atoms with Gasteiger partial charge in [0.1, 0.15) is 18.2 Å². The molecule has 5 nitrogen and oxygen atoms in total. The number of benzene rings is 2. The van der Waals surface area contributed by atoms with Crippen LogP contribution in [0.4, 0.5) is 4.39 Å². The molecule has 150 valence electrons. The molecule has 0 bridgehead atoms. The lowest BCUT2D eigenvalue weighted by Crippen LogP contribution is -2.41. The van der Waals surface area contributed by atoms with Crippen LogP contribution in [0.15, 0.2) is 54.6 Å². The van der Waals surface area contributed by atoms with Gasteiger partial charge in [-0.15, -0.1) is 0 Å². The number of amides is 1. The van der Waals surface area contributed by atoms with E-state index in [1.54, 1.807) is 6.07 Å². The van der Waals surface area contributed by atoms with Crippen LogP contribution in [0.3, 0.4) is 0 Å². The second-order valence-electron chi connectivity index (χ2n) is 6.95. The molecule has 0 aromatic heterocycles. The molecule has 1 N–H and O–H groups in total. The molecule has 1 fully saturated rings. The molecule has 3 rings (SSSR count). The summed E-state index contributed by atoms with van der Waals surface area (Å²) in [6, 6.07) is 16.0. The smallest absolute Gasteiger partial charge is 0.234 e. The molecule has 1 heterocycles. The first-order valence-corrected chi connectivity index (χ1v) is 9.72. The van der Waals surface area contributed by atoms with Crippen LogP contribution in [0.25, 0.3) is 0 Å². The molecule has 1 saturated heterocycles. The highest BCUT2D eigenvalue weighted by Crippen LogP contribution is 2.15. The van der Waals surface area contributed by atoms with Crippen LogP contribution in [0, 0.1) is 5.82 Å². The van der Waals surface area contributed by atoms with Gasteiger partial charge in [0.2, 0.25) is 5.91 Å². The second-order valence-corrected chi connectivity index (χ2v) is 6.95. The number of halogens is 1. The summed E-state index contributed by atoms with van der Waals surface area (Å²) >= 11 is 0. The van der Waals surface area contributed by atoms with Gasteiger partial charge in [0, 0.05) is 19.7 Å². The summed E-state index contributed by atoms with van der Waals surface area (Å²) < 4.78 is 24.8. The Balaban J connectivity index is 1.47. The fraction of sp³-hybridized carbons (Fsp3) is 0.409. The van der Waals surface area contributed by atoms with Gasteiger partial charge in [0.15, 0.2) is 0 Å². The van der Waals surface area contributed by atoms with E-state index in [9.17, 15) is 9.18 Å². The molecule has 0 radical (unpaired) electrons. The topological polar surface area (TPSA) is 50.8 Å². The summed E-state index contributed by atoms with van der Waals surface area (Å²) in [5, 5.41) is 2.88. The van der Waals surface area contributed by atoms with Gasteiger partial charge in [-0.2, -0.15) is 0 Å². The molecule has 1 unspecified atom stereocenters. The SMILES string of the molecule is O=C(CN(Cc1cccc(F)c1)CC1CCCO1)NCCOc1ccccc1. The Labute approximate surface area is 165 Å². The van der Waals surface area contributed by atoms with Crippen LogP contribution < -0.4 is 10.1 Å². The van der Waals surface area contributed by atoms with Crippen molar-refractivity contribution in [2.24, 2.45) is 0 Å². The molecule has 2 aromatic rings. The van der Waals surface area contributed by atoms with Crippen LogP contribution in [-0.4, -0.2) is 49.8 Å². The van der Waals surface area contributed by atoms with Crippen molar-refractivity contribution in [2.45, 2.75) is 25.5 Å². The minimum absolute atomic E-state index is 0.0777. The normalized spacial score (nSPS) is 16.3. The minimum Gasteiger partial charge on any atom is -0.492 e. The number of para-hydroxylation sites is 1. The Morgan fingerprint density at radius 1 is 1.21 bits per heavy atom. The zero-order valence-electron chi connectivity index (χ0n) is 16.0. The fourth-order valence-electron chi connectivity index (χ4n) is 3.29. The van der Waals surface area contributed by atoms with Gasteiger partial charge in [-0.3, -0.25) is 9.69 Å². The van der Waals surface area contributed by atoms with E-state index in [0.717, 1.165) is 30.8 Å². The summed E-state index contributed by atoms with van der Waals surface area (Å²) in [6.07, 6.45) is 2.16. The largest absolute Gasteiger partial charge is 0.492 e. The molecular weight excluding hydrogens is 359 g/mol. The van der Waals surface area contributed by atoms with Gasteiger partial charge in [-0.1, -0.05) is 30.3 Å². The van der Waals surface area contributed by atoms with Crippen molar-refractivity contribution in [1.29, 1.82) is 0 Å². The third-order valence-corrected chi connectivity index (χ3v) is 4.58. The average molecular weight is 386 g/mol. The second kappa shape index (κ2) is 10.8. The molecule has 6 heteroatoms. The molecule has 28 heavy (non-hydrogen) atoms. The van der Waals surface area contributed by atoms with Crippen LogP contribution >= 0.6 is 0 Å². The van der Waals surface area contributed by atoms with Gasteiger partial charge in [0.05, 0.1) is 19.2 Å². The quantitative estimate of drug-likeness (QED) is 0.638. The van der Waals surface area contributed by atoms with Crippen molar-refractivity contribution in [2.75, 3.05) is 32.8 Å². The van der Waals surface area contributed by atoms with Crippen molar-refractivity contribution < 1.29 is 18.7 Å². The van der Waals surface area contributed by atoms with Gasteiger partial charge >= 0.3 is 0 Å². The number of carbonyl (C=O) groups excluding carboxylic acids is 1. The standard InChI is InChI=1S/C22H27FN2O3/c23-19-7-4-6-18(14-19)15-25(16-21-10-5-12-27-21)17-22(26)24-11-13-28-20-8-2-1-3-9-20/h1-4,6-9,14,21H,5,10-13,15-17H2,(H,24,26). The number of hydrogen-bond acceptors (Lipinski definition) is 4. The van der Waals surface area contributed by atoms with E-state index in [1.165, 1.54) is 12.1 Å². The van der Waals surface area contributed by atoms with Crippen molar-refractivity contribution in [3.8, 4) is 5.75 Å². The van der Waals surface area contributed by atoms with Crippen LogP contribution in [0.5, 0.6) is 5.75 Å². The maximum atomic E-state index is 13.5. The summed E-state index contributed by atoms with van der Waals surface area (Å²) in [7, 11) is 0. The van der Waals surface area contributed by atoms with E-state index in [4.69, 9.17) is 9.47 Å². The highest BCUT2D eigenvalue weighted by molar-refractivity contribution is 5.78. The van der Waals surface area contributed by atoms with Gasteiger partial charge < -0.3 is 14.8 Å². The van der Waals surface area contributed by atoms with E-state index >= 15 is 0 Å². The fourth-order valence-corrected chi connectivity index (χ4v) is 3.29. The van der Waals surface area contributed by atoms with Crippen LogP contribution in [0.2, 0.25) is 0 Å². The van der Waals surface area contributed by atoms with E-state index in [2.05, 4.69) is 5.32 Å². The molecule has 0 spiro atoms. The predicted octanol–water partition coefficient (Wildman–Crippen LogP) is 3.00. The van der Waals surface area contributed by atoms with Crippen LogP contribution in [0.1, 0.15) is 18.4 Å². The number of nitrogens with zero attached hydrogens (tertiary/aromatic N) is 1. The van der Waals surface area contributed by atoms with E-state index < -0.39 is 0 Å². The monoisotopic (exact) mass is 386 g/mol. The number of rotatable bonds is 10. The lowest BCUT2D eigenvalue weighted by molar-refractivity contribution is -0.122. The van der Waals surface area contributed by atoms with Crippen molar-refractivity contribution in [1.82, 2.24) is 10.2 Å². The molecular formula is C22H27FN2O3.